The van der Waals surface area contributed by atoms with Gasteiger partial charge < -0.3 is 9.73 Å². The second-order valence-electron chi connectivity index (χ2n) is 3.74. The lowest BCUT2D eigenvalue weighted by atomic mass is 10.0. The lowest BCUT2D eigenvalue weighted by Gasteiger charge is -2.15. The number of aryl methyl sites for hydroxylation is 1. The van der Waals surface area contributed by atoms with Crippen molar-refractivity contribution in [3.8, 4) is 12.3 Å². The Morgan fingerprint density at radius 3 is 2.93 bits per heavy atom. The number of terminal acetylenes is 1. The van der Waals surface area contributed by atoms with Crippen LogP contribution >= 0.6 is 0 Å². The summed E-state index contributed by atoms with van der Waals surface area (Å²) >= 11 is 0. The van der Waals surface area contributed by atoms with Gasteiger partial charge in [0.05, 0.1) is 6.26 Å². The lowest BCUT2D eigenvalue weighted by molar-refractivity contribution is 0.489. The molecule has 0 radical (unpaired) electrons. The second kappa shape index (κ2) is 6.31. The Hall–Kier alpha value is -1.20. The van der Waals surface area contributed by atoms with Crippen molar-refractivity contribution >= 4 is 0 Å². The minimum atomic E-state index is 0.332. The van der Waals surface area contributed by atoms with Gasteiger partial charge in [-0.15, -0.1) is 12.3 Å². The molecule has 0 fully saturated rings. The Morgan fingerprint density at radius 2 is 2.40 bits per heavy atom. The highest BCUT2D eigenvalue weighted by atomic mass is 16.3. The van der Waals surface area contributed by atoms with Crippen LogP contribution < -0.4 is 5.32 Å². The molecule has 1 unspecified atom stereocenters. The van der Waals surface area contributed by atoms with E-state index in [1.807, 2.05) is 13.2 Å². The Balaban J connectivity index is 2.59. The van der Waals surface area contributed by atoms with E-state index in [0.29, 0.717) is 6.04 Å². The van der Waals surface area contributed by atoms with Crippen LogP contribution in [-0.4, -0.2) is 6.54 Å². The van der Waals surface area contributed by atoms with E-state index < -0.39 is 0 Å². The molecule has 1 N–H and O–H groups in total. The topological polar surface area (TPSA) is 25.2 Å². The van der Waals surface area contributed by atoms with Crippen LogP contribution in [0.1, 0.15) is 43.6 Å². The molecule has 0 aliphatic rings. The molecule has 1 aromatic heterocycles. The van der Waals surface area contributed by atoms with Crippen molar-refractivity contribution in [2.75, 3.05) is 6.54 Å². The Morgan fingerprint density at radius 1 is 1.60 bits per heavy atom. The first-order valence-electron chi connectivity index (χ1n) is 5.49. The standard InChI is InChI=1S/C13H19NO/c1-4-6-7-13(14-8-5-2)12-9-11(3)15-10-12/h1,9-10,13-14H,5-8H2,2-3H3. The first-order chi connectivity index (χ1) is 7.27. The molecule has 1 rings (SSSR count). The smallest absolute Gasteiger partial charge is 0.101 e. The summed E-state index contributed by atoms with van der Waals surface area (Å²) in [6.45, 7) is 5.13. The van der Waals surface area contributed by atoms with Crippen LogP contribution in [0.2, 0.25) is 0 Å². The summed E-state index contributed by atoms with van der Waals surface area (Å²) < 4.78 is 5.31. The van der Waals surface area contributed by atoms with E-state index in [9.17, 15) is 0 Å². The number of furan rings is 1. The van der Waals surface area contributed by atoms with E-state index in [-0.39, 0.29) is 0 Å². The number of rotatable bonds is 6. The molecule has 82 valence electrons. The van der Waals surface area contributed by atoms with Gasteiger partial charge in [0.2, 0.25) is 0 Å². The summed E-state index contributed by atoms with van der Waals surface area (Å²) in [6, 6.07) is 2.41. The van der Waals surface area contributed by atoms with E-state index in [1.165, 1.54) is 5.56 Å². The molecule has 0 amide bonds. The Bertz CT molecular complexity index is 322. The highest BCUT2D eigenvalue weighted by Gasteiger charge is 2.11. The fourth-order valence-electron chi connectivity index (χ4n) is 1.58. The van der Waals surface area contributed by atoms with Crippen molar-refractivity contribution < 1.29 is 4.42 Å². The van der Waals surface area contributed by atoms with Crippen molar-refractivity contribution in [2.24, 2.45) is 0 Å². The van der Waals surface area contributed by atoms with Gasteiger partial charge in [-0.1, -0.05) is 6.92 Å². The van der Waals surface area contributed by atoms with E-state index in [2.05, 4.69) is 24.2 Å². The van der Waals surface area contributed by atoms with Crippen molar-refractivity contribution in [1.29, 1.82) is 0 Å². The van der Waals surface area contributed by atoms with Crippen LogP contribution in [0, 0.1) is 19.3 Å². The highest BCUT2D eigenvalue weighted by molar-refractivity contribution is 5.16. The van der Waals surface area contributed by atoms with Crippen LogP contribution in [-0.2, 0) is 0 Å². The molecule has 2 heteroatoms. The number of hydrogen-bond donors (Lipinski definition) is 1. The molecule has 0 aliphatic heterocycles. The molecule has 0 bridgehead atoms. The molecule has 0 saturated carbocycles. The fraction of sp³-hybridized carbons (Fsp3) is 0.538. The van der Waals surface area contributed by atoms with Gasteiger partial charge in [-0.05, 0) is 32.4 Å². The van der Waals surface area contributed by atoms with Crippen LogP contribution in [0.25, 0.3) is 0 Å². The maximum Gasteiger partial charge on any atom is 0.101 e. The van der Waals surface area contributed by atoms with Gasteiger partial charge in [0, 0.05) is 18.0 Å². The number of hydrogen-bond acceptors (Lipinski definition) is 2. The molecule has 1 heterocycles. The minimum absolute atomic E-state index is 0.332. The molecule has 2 nitrogen and oxygen atoms in total. The molecular formula is C13H19NO. The third kappa shape index (κ3) is 3.81. The SMILES string of the molecule is C#CCCC(NCCC)c1coc(C)c1. The van der Waals surface area contributed by atoms with Gasteiger partial charge in [0.25, 0.3) is 0 Å². The number of nitrogens with one attached hydrogen (secondary N) is 1. The molecule has 0 aliphatic carbocycles. The summed E-state index contributed by atoms with van der Waals surface area (Å²) in [5.41, 5.74) is 1.20. The third-order valence-electron chi connectivity index (χ3n) is 2.37. The van der Waals surface area contributed by atoms with Gasteiger partial charge in [-0.3, -0.25) is 0 Å². The fourth-order valence-corrected chi connectivity index (χ4v) is 1.58. The van der Waals surface area contributed by atoms with Gasteiger partial charge >= 0.3 is 0 Å². The predicted octanol–water partition coefficient (Wildman–Crippen LogP) is 3.04. The molecule has 1 atom stereocenters. The highest BCUT2D eigenvalue weighted by Crippen LogP contribution is 2.20. The van der Waals surface area contributed by atoms with Crippen molar-refractivity contribution in [1.82, 2.24) is 5.32 Å². The minimum Gasteiger partial charge on any atom is -0.469 e. The molecule has 0 aromatic carbocycles. The quantitative estimate of drug-likeness (QED) is 0.722. The normalized spacial score (nSPS) is 12.3. The zero-order valence-electron chi connectivity index (χ0n) is 9.55. The van der Waals surface area contributed by atoms with Crippen molar-refractivity contribution in [3.05, 3.63) is 23.7 Å². The first-order valence-corrected chi connectivity index (χ1v) is 5.49. The van der Waals surface area contributed by atoms with Gasteiger partial charge in [0.1, 0.15) is 5.76 Å². The molecule has 1 aromatic rings. The second-order valence-corrected chi connectivity index (χ2v) is 3.74. The van der Waals surface area contributed by atoms with E-state index >= 15 is 0 Å². The van der Waals surface area contributed by atoms with Crippen LogP contribution in [0.15, 0.2) is 16.7 Å². The zero-order valence-corrected chi connectivity index (χ0v) is 9.55. The van der Waals surface area contributed by atoms with Crippen LogP contribution in [0.4, 0.5) is 0 Å². The maximum atomic E-state index is 5.31. The average molecular weight is 205 g/mol. The average Bonchev–Trinajstić information content (AvgIpc) is 2.65. The van der Waals surface area contributed by atoms with E-state index in [0.717, 1.165) is 31.6 Å². The third-order valence-corrected chi connectivity index (χ3v) is 2.37. The van der Waals surface area contributed by atoms with Gasteiger partial charge in [0.15, 0.2) is 0 Å². The largest absolute Gasteiger partial charge is 0.469 e. The maximum absolute atomic E-state index is 5.31. The first kappa shape index (κ1) is 11.9. The predicted molar refractivity (Wildman–Crippen MR) is 62.5 cm³/mol. The zero-order chi connectivity index (χ0) is 11.1. The van der Waals surface area contributed by atoms with Crippen LogP contribution in [0.3, 0.4) is 0 Å². The summed E-state index contributed by atoms with van der Waals surface area (Å²) in [4.78, 5) is 0. The summed E-state index contributed by atoms with van der Waals surface area (Å²) in [6.07, 6.45) is 10.00. The van der Waals surface area contributed by atoms with Crippen LogP contribution in [0.5, 0.6) is 0 Å². The van der Waals surface area contributed by atoms with E-state index in [4.69, 9.17) is 10.8 Å². The summed E-state index contributed by atoms with van der Waals surface area (Å²) in [5.74, 6) is 3.63. The molecular weight excluding hydrogens is 186 g/mol. The van der Waals surface area contributed by atoms with Crippen molar-refractivity contribution in [3.63, 3.8) is 0 Å². The lowest BCUT2D eigenvalue weighted by Crippen LogP contribution is -2.21. The van der Waals surface area contributed by atoms with Gasteiger partial charge in [-0.25, -0.2) is 0 Å². The molecule has 0 saturated heterocycles. The summed E-state index contributed by atoms with van der Waals surface area (Å²) in [5, 5.41) is 3.48. The summed E-state index contributed by atoms with van der Waals surface area (Å²) in [7, 11) is 0. The van der Waals surface area contributed by atoms with Gasteiger partial charge in [-0.2, -0.15) is 0 Å². The Labute approximate surface area is 92.1 Å². The van der Waals surface area contributed by atoms with E-state index in [1.54, 1.807) is 0 Å². The monoisotopic (exact) mass is 205 g/mol. The van der Waals surface area contributed by atoms with Crippen molar-refractivity contribution in [2.45, 2.75) is 39.2 Å². The molecule has 15 heavy (non-hydrogen) atoms. The Kier molecular flexibility index (Phi) is 5.00. The molecule has 0 spiro atoms.